The predicted octanol–water partition coefficient (Wildman–Crippen LogP) is 2.05. The second-order valence-electron chi connectivity index (χ2n) is 4.08. The zero-order chi connectivity index (χ0) is 10.7. The summed E-state index contributed by atoms with van der Waals surface area (Å²) in [5.41, 5.74) is 2.82. The van der Waals surface area contributed by atoms with E-state index in [4.69, 9.17) is 0 Å². The fraction of sp³-hybridized carbons (Fsp3) is 0.583. The van der Waals surface area contributed by atoms with E-state index in [1.54, 1.807) is 6.07 Å². The van der Waals surface area contributed by atoms with E-state index in [0.717, 1.165) is 38.0 Å². The number of pyridine rings is 1. The first-order chi connectivity index (χ1) is 7.33. The van der Waals surface area contributed by atoms with Crippen LogP contribution >= 0.6 is 12.6 Å². The van der Waals surface area contributed by atoms with E-state index in [1.165, 1.54) is 17.7 Å². The molecule has 0 bridgehead atoms. The van der Waals surface area contributed by atoms with Crippen LogP contribution in [-0.2, 0) is 19.4 Å². The zero-order valence-electron chi connectivity index (χ0n) is 8.91. The fourth-order valence-electron chi connectivity index (χ4n) is 2.26. The normalized spacial score (nSPS) is 14.2. The van der Waals surface area contributed by atoms with E-state index in [9.17, 15) is 4.79 Å². The Hall–Kier alpha value is -0.700. The molecule has 1 aromatic heterocycles. The van der Waals surface area contributed by atoms with E-state index in [2.05, 4.69) is 12.6 Å². The van der Waals surface area contributed by atoms with Crippen LogP contribution in [0.1, 0.15) is 30.5 Å². The quantitative estimate of drug-likeness (QED) is 0.612. The van der Waals surface area contributed by atoms with Crippen molar-refractivity contribution in [3.05, 3.63) is 33.7 Å². The van der Waals surface area contributed by atoms with Gasteiger partial charge in [0.15, 0.2) is 0 Å². The van der Waals surface area contributed by atoms with Crippen molar-refractivity contribution in [1.82, 2.24) is 4.57 Å². The number of aromatic nitrogens is 1. The standard InChI is InChI=1S/C12H17NOS/c14-12-7-6-10-4-3-5-11(10)13(12)8-1-2-9-15/h6-7,15H,1-5,8-9H2. The summed E-state index contributed by atoms with van der Waals surface area (Å²) < 4.78 is 1.96. The van der Waals surface area contributed by atoms with Gasteiger partial charge < -0.3 is 4.57 Å². The first-order valence-electron chi connectivity index (χ1n) is 5.65. The summed E-state index contributed by atoms with van der Waals surface area (Å²) in [6, 6.07) is 3.71. The molecule has 1 aromatic rings. The van der Waals surface area contributed by atoms with E-state index in [1.807, 2.05) is 10.6 Å². The number of rotatable bonds is 4. The van der Waals surface area contributed by atoms with Gasteiger partial charge in [-0.2, -0.15) is 12.6 Å². The van der Waals surface area contributed by atoms with Crippen molar-refractivity contribution in [3.63, 3.8) is 0 Å². The smallest absolute Gasteiger partial charge is 0.250 e. The lowest BCUT2D eigenvalue weighted by Gasteiger charge is -2.11. The molecule has 2 nitrogen and oxygen atoms in total. The van der Waals surface area contributed by atoms with E-state index < -0.39 is 0 Å². The van der Waals surface area contributed by atoms with Crippen molar-refractivity contribution < 1.29 is 0 Å². The summed E-state index contributed by atoms with van der Waals surface area (Å²) in [6.45, 7) is 0.864. The second kappa shape index (κ2) is 4.88. The molecule has 0 atom stereocenters. The molecule has 0 spiro atoms. The maximum Gasteiger partial charge on any atom is 0.250 e. The first kappa shape index (κ1) is 10.8. The molecule has 2 rings (SSSR count). The number of aryl methyl sites for hydroxylation is 1. The summed E-state index contributed by atoms with van der Waals surface area (Å²) in [4.78, 5) is 11.7. The Morgan fingerprint density at radius 2 is 2.13 bits per heavy atom. The van der Waals surface area contributed by atoms with Gasteiger partial charge in [-0.3, -0.25) is 4.79 Å². The zero-order valence-corrected chi connectivity index (χ0v) is 9.80. The van der Waals surface area contributed by atoms with Crippen LogP contribution in [0.2, 0.25) is 0 Å². The van der Waals surface area contributed by atoms with E-state index in [-0.39, 0.29) is 5.56 Å². The second-order valence-corrected chi connectivity index (χ2v) is 4.53. The molecule has 0 aromatic carbocycles. The third-order valence-electron chi connectivity index (χ3n) is 3.04. The van der Waals surface area contributed by atoms with Gasteiger partial charge in [0.25, 0.3) is 5.56 Å². The minimum Gasteiger partial charge on any atom is -0.312 e. The van der Waals surface area contributed by atoms with Crippen LogP contribution in [0.4, 0.5) is 0 Å². The lowest BCUT2D eigenvalue weighted by Crippen LogP contribution is -2.22. The van der Waals surface area contributed by atoms with Crippen LogP contribution in [0.25, 0.3) is 0 Å². The minimum absolute atomic E-state index is 0.162. The molecule has 15 heavy (non-hydrogen) atoms. The molecule has 1 heterocycles. The van der Waals surface area contributed by atoms with Crippen LogP contribution in [-0.4, -0.2) is 10.3 Å². The Kier molecular flexibility index (Phi) is 3.52. The van der Waals surface area contributed by atoms with Gasteiger partial charge in [-0.25, -0.2) is 0 Å². The number of unbranched alkanes of at least 4 members (excludes halogenated alkanes) is 1. The van der Waals surface area contributed by atoms with Crippen molar-refractivity contribution >= 4 is 12.6 Å². The number of hydrogen-bond acceptors (Lipinski definition) is 2. The predicted molar refractivity (Wildman–Crippen MR) is 65.8 cm³/mol. The van der Waals surface area contributed by atoms with Crippen molar-refractivity contribution in [2.24, 2.45) is 0 Å². The van der Waals surface area contributed by atoms with Crippen LogP contribution < -0.4 is 5.56 Å². The Bertz CT molecular complexity index is 397. The lowest BCUT2D eigenvalue weighted by atomic mass is 10.2. The Labute approximate surface area is 95.7 Å². The Morgan fingerprint density at radius 3 is 2.93 bits per heavy atom. The summed E-state index contributed by atoms with van der Waals surface area (Å²) in [5.74, 6) is 0.907. The highest BCUT2D eigenvalue weighted by Crippen LogP contribution is 2.20. The molecule has 0 unspecified atom stereocenters. The van der Waals surface area contributed by atoms with Crippen LogP contribution in [0, 0.1) is 0 Å². The topological polar surface area (TPSA) is 22.0 Å². The SMILES string of the molecule is O=c1ccc2c(n1CCCCS)CCC2. The molecule has 0 fully saturated rings. The number of hydrogen-bond donors (Lipinski definition) is 1. The number of nitrogens with zero attached hydrogens (tertiary/aromatic N) is 1. The third-order valence-corrected chi connectivity index (χ3v) is 3.36. The summed E-state index contributed by atoms with van der Waals surface area (Å²) >= 11 is 4.19. The third kappa shape index (κ3) is 2.28. The molecule has 82 valence electrons. The van der Waals surface area contributed by atoms with E-state index >= 15 is 0 Å². The average Bonchev–Trinajstić information content (AvgIpc) is 2.69. The molecule has 0 radical (unpaired) electrons. The van der Waals surface area contributed by atoms with Gasteiger partial charge in [-0.1, -0.05) is 6.07 Å². The van der Waals surface area contributed by atoms with Crippen LogP contribution in [0.3, 0.4) is 0 Å². The molecule has 0 N–H and O–H groups in total. The average molecular weight is 223 g/mol. The number of thiol groups is 1. The van der Waals surface area contributed by atoms with Gasteiger partial charge in [0.05, 0.1) is 0 Å². The van der Waals surface area contributed by atoms with Gasteiger partial charge in [0, 0.05) is 18.3 Å². The lowest BCUT2D eigenvalue weighted by molar-refractivity contribution is 0.593. The Balaban J connectivity index is 2.21. The van der Waals surface area contributed by atoms with Crippen LogP contribution in [0.15, 0.2) is 16.9 Å². The van der Waals surface area contributed by atoms with Gasteiger partial charge >= 0.3 is 0 Å². The molecule has 0 aliphatic heterocycles. The highest BCUT2D eigenvalue weighted by Gasteiger charge is 2.14. The number of fused-ring (bicyclic) bond motifs is 1. The van der Waals surface area contributed by atoms with Gasteiger partial charge in [0.1, 0.15) is 0 Å². The van der Waals surface area contributed by atoms with Crippen molar-refractivity contribution in [2.75, 3.05) is 5.75 Å². The highest BCUT2D eigenvalue weighted by atomic mass is 32.1. The van der Waals surface area contributed by atoms with Crippen molar-refractivity contribution in [3.8, 4) is 0 Å². The highest BCUT2D eigenvalue weighted by molar-refractivity contribution is 7.80. The fourth-order valence-corrected chi connectivity index (χ4v) is 2.48. The maximum atomic E-state index is 11.7. The molecular weight excluding hydrogens is 206 g/mol. The van der Waals surface area contributed by atoms with Crippen molar-refractivity contribution in [2.45, 2.75) is 38.6 Å². The maximum absolute atomic E-state index is 11.7. The van der Waals surface area contributed by atoms with Gasteiger partial charge in [0.2, 0.25) is 0 Å². The van der Waals surface area contributed by atoms with Gasteiger partial charge in [-0.05, 0) is 43.4 Å². The summed E-state index contributed by atoms with van der Waals surface area (Å²) in [6.07, 6.45) is 5.55. The summed E-state index contributed by atoms with van der Waals surface area (Å²) in [5, 5.41) is 0. The largest absolute Gasteiger partial charge is 0.312 e. The minimum atomic E-state index is 0.162. The molecule has 0 saturated heterocycles. The molecule has 1 aliphatic carbocycles. The van der Waals surface area contributed by atoms with Crippen molar-refractivity contribution in [1.29, 1.82) is 0 Å². The molecule has 0 amide bonds. The molecule has 0 saturated carbocycles. The first-order valence-corrected chi connectivity index (χ1v) is 6.28. The molecule has 3 heteroatoms. The Morgan fingerprint density at radius 1 is 1.27 bits per heavy atom. The van der Waals surface area contributed by atoms with Gasteiger partial charge in [-0.15, -0.1) is 0 Å². The summed E-state index contributed by atoms with van der Waals surface area (Å²) in [7, 11) is 0. The monoisotopic (exact) mass is 223 g/mol. The van der Waals surface area contributed by atoms with E-state index in [0.29, 0.717) is 0 Å². The molecule has 1 aliphatic rings. The van der Waals surface area contributed by atoms with Crippen LogP contribution in [0.5, 0.6) is 0 Å². The molecular formula is C12H17NOS.